The molecule has 2 rings (SSSR count). The van der Waals surface area contributed by atoms with Crippen LogP contribution >= 0.6 is 0 Å². The molecule has 1 saturated heterocycles. The van der Waals surface area contributed by atoms with Gasteiger partial charge in [-0.1, -0.05) is 0 Å². The Morgan fingerprint density at radius 2 is 2.44 bits per heavy atom. The van der Waals surface area contributed by atoms with E-state index in [2.05, 4.69) is 10.3 Å². The smallest absolute Gasteiger partial charge is 0.368 e. The zero-order valence-electron chi connectivity index (χ0n) is 9.57. The van der Waals surface area contributed by atoms with Crippen molar-refractivity contribution < 1.29 is 9.72 Å². The molecule has 1 aromatic heterocycles. The lowest BCUT2D eigenvalue weighted by Gasteiger charge is -2.35. The standard InChI is InChI=1S/C10H13N5O3/c11-9(16)8-6-12-4-5-14(8)7-2-1-3-13-10(7)15(17)18/h1-3,8,12H,4-6H2,(H2,11,16). The molecule has 1 amide bonds. The molecular weight excluding hydrogens is 238 g/mol. The van der Waals surface area contributed by atoms with Gasteiger partial charge in [0.2, 0.25) is 5.91 Å². The number of carbonyl (C=O) groups excluding carboxylic acids is 1. The SMILES string of the molecule is NC(=O)C1CNCCN1c1cccnc1[N+](=O)[O-]. The summed E-state index contributed by atoms with van der Waals surface area (Å²) in [4.78, 5) is 27.1. The average Bonchev–Trinajstić information content (AvgIpc) is 2.38. The van der Waals surface area contributed by atoms with Crippen molar-refractivity contribution in [3.05, 3.63) is 28.4 Å². The molecule has 2 heterocycles. The molecule has 1 aliphatic heterocycles. The summed E-state index contributed by atoms with van der Waals surface area (Å²) in [6, 6.07) is 2.58. The summed E-state index contributed by atoms with van der Waals surface area (Å²) in [6.45, 7) is 1.48. The van der Waals surface area contributed by atoms with Crippen molar-refractivity contribution in [3.8, 4) is 0 Å². The highest BCUT2D eigenvalue weighted by Gasteiger charge is 2.31. The van der Waals surface area contributed by atoms with Crippen LogP contribution in [0.15, 0.2) is 18.3 Å². The van der Waals surface area contributed by atoms with Gasteiger partial charge in [-0.3, -0.25) is 4.79 Å². The van der Waals surface area contributed by atoms with E-state index in [4.69, 9.17) is 5.73 Å². The third-order valence-electron chi connectivity index (χ3n) is 2.82. The lowest BCUT2D eigenvalue weighted by molar-refractivity contribution is -0.388. The van der Waals surface area contributed by atoms with Crippen LogP contribution in [0.3, 0.4) is 0 Å². The molecule has 0 saturated carbocycles. The van der Waals surface area contributed by atoms with Crippen molar-refractivity contribution >= 4 is 17.4 Å². The van der Waals surface area contributed by atoms with Gasteiger partial charge in [0.05, 0.1) is 0 Å². The largest absolute Gasteiger partial charge is 0.387 e. The lowest BCUT2D eigenvalue weighted by Crippen LogP contribution is -2.57. The summed E-state index contributed by atoms with van der Waals surface area (Å²) in [5.41, 5.74) is 5.64. The number of hydrogen-bond acceptors (Lipinski definition) is 6. The van der Waals surface area contributed by atoms with Gasteiger partial charge in [-0.15, -0.1) is 0 Å². The Morgan fingerprint density at radius 1 is 1.67 bits per heavy atom. The minimum Gasteiger partial charge on any atom is -0.368 e. The monoisotopic (exact) mass is 251 g/mol. The first-order valence-electron chi connectivity index (χ1n) is 5.47. The number of aromatic nitrogens is 1. The van der Waals surface area contributed by atoms with Gasteiger partial charge in [-0.05, 0) is 22.0 Å². The highest BCUT2D eigenvalue weighted by atomic mass is 16.6. The quantitative estimate of drug-likeness (QED) is 0.539. The van der Waals surface area contributed by atoms with Gasteiger partial charge >= 0.3 is 5.82 Å². The van der Waals surface area contributed by atoms with E-state index < -0.39 is 16.9 Å². The molecule has 18 heavy (non-hydrogen) atoms. The van der Waals surface area contributed by atoms with Crippen molar-refractivity contribution in [2.75, 3.05) is 24.5 Å². The number of hydrogen-bond donors (Lipinski definition) is 2. The fourth-order valence-corrected chi connectivity index (χ4v) is 2.00. The fourth-order valence-electron chi connectivity index (χ4n) is 2.00. The number of nitrogens with two attached hydrogens (primary N) is 1. The van der Waals surface area contributed by atoms with Gasteiger partial charge in [-0.25, -0.2) is 0 Å². The number of nitrogens with one attached hydrogen (secondary N) is 1. The number of nitrogens with zero attached hydrogens (tertiary/aromatic N) is 3. The van der Waals surface area contributed by atoms with Crippen molar-refractivity contribution in [3.63, 3.8) is 0 Å². The number of rotatable bonds is 3. The molecule has 1 aromatic rings. The minimum absolute atomic E-state index is 0.259. The number of nitro groups is 1. The molecule has 1 fully saturated rings. The van der Waals surface area contributed by atoms with Gasteiger partial charge in [0.25, 0.3) is 0 Å². The zero-order valence-corrected chi connectivity index (χ0v) is 9.57. The first-order chi connectivity index (χ1) is 8.61. The molecule has 1 atom stereocenters. The molecule has 1 unspecified atom stereocenters. The van der Waals surface area contributed by atoms with Gasteiger partial charge in [0.15, 0.2) is 0 Å². The third kappa shape index (κ3) is 2.23. The summed E-state index contributed by atoms with van der Waals surface area (Å²) < 4.78 is 0. The second kappa shape index (κ2) is 4.96. The third-order valence-corrected chi connectivity index (χ3v) is 2.82. The zero-order chi connectivity index (χ0) is 13.1. The van der Waals surface area contributed by atoms with Crippen LogP contribution in [0, 0.1) is 10.1 Å². The van der Waals surface area contributed by atoms with E-state index in [-0.39, 0.29) is 5.82 Å². The highest BCUT2D eigenvalue weighted by Crippen LogP contribution is 2.27. The topological polar surface area (TPSA) is 114 Å². The van der Waals surface area contributed by atoms with E-state index in [1.165, 1.54) is 6.20 Å². The van der Waals surface area contributed by atoms with E-state index in [0.29, 0.717) is 25.3 Å². The normalized spacial score (nSPS) is 19.6. The summed E-state index contributed by atoms with van der Waals surface area (Å²) in [7, 11) is 0. The van der Waals surface area contributed by atoms with Crippen LogP contribution in [-0.2, 0) is 4.79 Å². The van der Waals surface area contributed by atoms with Crippen LogP contribution in [0.5, 0.6) is 0 Å². The Balaban J connectivity index is 2.39. The van der Waals surface area contributed by atoms with Crippen LogP contribution in [0.2, 0.25) is 0 Å². The Bertz CT molecular complexity index is 478. The van der Waals surface area contributed by atoms with Crippen molar-refractivity contribution in [2.45, 2.75) is 6.04 Å². The number of anilines is 1. The Hall–Kier alpha value is -2.22. The molecule has 0 aromatic carbocycles. The first-order valence-corrected chi connectivity index (χ1v) is 5.47. The lowest BCUT2D eigenvalue weighted by atomic mass is 10.1. The number of pyridine rings is 1. The van der Waals surface area contributed by atoms with Crippen LogP contribution in [0.25, 0.3) is 0 Å². The van der Waals surface area contributed by atoms with E-state index in [9.17, 15) is 14.9 Å². The summed E-state index contributed by atoms with van der Waals surface area (Å²) in [6.07, 6.45) is 1.35. The molecule has 0 radical (unpaired) electrons. The second-order valence-corrected chi connectivity index (χ2v) is 3.92. The molecule has 96 valence electrons. The molecule has 8 nitrogen and oxygen atoms in total. The van der Waals surface area contributed by atoms with Crippen LogP contribution < -0.4 is 16.0 Å². The van der Waals surface area contributed by atoms with Crippen molar-refractivity contribution in [1.29, 1.82) is 0 Å². The maximum absolute atomic E-state index is 11.4. The summed E-state index contributed by atoms with van der Waals surface area (Å²) >= 11 is 0. The molecule has 3 N–H and O–H groups in total. The second-order valence-electron chi connectivity index (χ2n) is 3.92. The minimum atomic E-state index is -0.596. The fraction of sp³-hybridized carbons (Fsp3) is 0.400. The van der Waals surface area contributed by atoms with Gasteiger partial charge < -0.3 is 26.1 Å². The highest BCUT2D eigenvalue weighted by molar-refractivity contribution is 5.85. The van der Waals surface area contributed by atoms with Gasteiger partial charge in [0.1, 0.15) is 17.9 Å². The van der Waals surface area contributed by atoms with Crippen LogP contribution in [0.4, 0.5) is 11.5 Å². The Morgan fingerprint density at radius 3 is 3.11 bits per heavy atom. The Labute approximate surface area is 103 Å². The Kier molecular flexibility index (Phi) is 3.38. The van der Waals surface area contributed by atoms with E-state index >= 15 is 0 Å². The van der Waals surface area contributed by atoms with Crippen LogP contribution in [0.1, 0.15) is 0 Å². The molecule has 8 heteroatoms. The van der Waals surface area contributed by atoms with E-state index in [1.54, 1.807) is 17.0 Å². The van der Waals surface area contributed by atoms with Crippen molar-refractivity contribution in [2.24, 2.45) is 5.73 Å². The number of piperazine rings is 1. The number of amides is 1. The maximum Gasteiger partial charge on any atom is 0.387 e. The van der Waals surface area contributed by atoms with E-state index in [0.717, 1.165) is 0 Å². The molecule has 1 aliphatic rings. The molecule has 0 spiro atoms. The number of primary amides is 1. The van der Waals surface area contributed by atoms with Crippen LogP contribution in [-0.4, -0.2) is 41.5 Å². The predicted molar refractivity (Wildman–Crippen MR) is 64.1 cm³/mol. The first kappa shape index (κ1) is 12.2. The molecule has 0 aliphatic carbocycles. The number of carbonyl (C=O) groups is 1. The van der Waals surface area contributed by atoms with Crippen molar-refractivity contribution in [1.82, 2.24) is 10.3 Å². The molecular formula is C10H13N5O3. The predicted octanol–water partition coefficient (Wildman–Crippen LogP) is -0.747. The van der Waals surface area contributed by atoms with E-state index in [1.807, 2.05) is 0 Å². The summed E-state index contributed by atoms with van der Waals surface area (Å²) in [5, 5.41) is 14.0. The molecule has 0 bridgehead atoms. The van der Waals surface area contributed by atoms with Gasteiger partial charge in [-0.2, -0.15) is 0 Å². The maximum atomic E-state index is 11.4. The summed E-state index contributed by atoms with van der Waals surface area (Å²) in [5.74, 6) is -0.772. The van der Waals surface area contributed by atoms with Gasteiger partial charge in [0, 0.05) is 19.6 Å². The average molecular weight is 251 g/mol.